The summed E-state index contributed by atoms with van der Waals surface area (Å²) in [4.78, 5) is 20.0. The van der Waals surface area contributed by atoms with Crippen LogP contribution >= 0.6 is 0 Å². The minimum atomic E-state index is 0.128. The first kappa shape index (κ1) is 8.25. The topological polar surface area (TPSA) is 61.0 Å². The summed E-state index contributed by atoms with van der Waals surface area (Å²) < 4.78 is 0. The summed E-state index contributed by atoms with van der Waals surface area (Å²) >= 11 is 0. The smallest absolute Gasteiger partial charge is 0.236 e. The van der Waals surface area contributed by atoms with Gasteiger partial charge >= 0.3 is 0 Å². The predicted molar refractivity (Wildman–Crippen MR) is 47.0 cm³/mol. The molecule has 70 valence electrons. The van der Waals surface area contributed by atoms with Gasteiger partial charge in [0.05, 0.1) is 12.6 Å². The average molecular weight is 180 g/mol. The van der Waals surface area contributed by atoms with E-state index in [1.807, 2.05) is 0 Å². The molecule has 2 N–H and O–H groups in total. The van der Waals surface area contributed by atoms with Crippen LogP contribution in [-0.2, 0) is 4.79 Å². The number of aromatic amines is 1. The second-order valence-corrected chi connectivity index (χ2v) is 3.18. The molecular weight excluding hydrogens is 168 g/mol. The Labute approximate surface area is 76.2 Å². The van der Waals surface area contributed by atoms with Crippen molar-refractivity contribution in [3.8, 4) is 0 Å². The number of amides is 1. The van der Waals surface area contributed by atoms with Crippen LogP contribution in [0.2, 0.25) is 0 Å². The molecule has 0 aliphatic carbocycles. The second-order valence-electron chi connectivity index (χ2n) is 3.18. The van der Waals surface area contributed by atoms with E-state index in [0.717, 1.165) is 5.82 Å². The summed E-state index contributed by atoms with van der Waals surface area (Å²) in [6, 6.07) is 0.137. The number of nitrogens with zero attached hydrogens (tertiary/aromatic N) is 2. The molecule has 1 aliphatic rings. The zero-order valence-corrected chi connectivity index (χ0v) is 7.45. The van der Waals surface area contributed by atoms with Gasteiger partial charge in [-0.3, -0.25) is 10.1 Å². The van der Waals surface area contributed by atoms with E-state index in [2.05, 4.69) is 15.3 Å². The van der Waals surface area contributed by atoms with Gasteiger partial charge in [-0.05, 0) is 0 Å². The molecule has 0 spiro atoms. The summed E-state index contributed by atoms with van der Waals surface area (Å²) in [5, 5.41) is 3.12. The third kappa shape index (κ3) is 1.55. The van der Waals surface area contributed by atoms with Gasteiger partial charge in [0, 0.05) is 26.0 Å². The Balaban J connectivity index is 2.07. The number of piperazine rings is 1. The lowest BCUT2D eigenvalue weighted by Gasteiger charge is -2.29. The van der Waals surface area contributed by atoms with Crippen LogP contribution in [0.4, 0.5) is 0 Å². The Hall–Kier alpha value is -1.36. The SMILES string of the molecule is CN1CC(c2ncc[nH]2)NCC1=O. The highest BCUT2D eigenvalue weighted by molar-refractivity contribution is 5.78. The molecule has 1 amide bonds. The lowest BCUT2D eigenvalue weighted by Crippen LogP contribution is -2.48. The molecule has 5 nitrogen and oxygen atoms in total. The Morgan fingerprint density at radius 1 is 1.69 bits per heavy atom. The molecule has 2 heterocycles. The van der Waals surface area contributed by atoms with E-state index >= 15 is 0 Å². The van der Waals surface area contributed by atoms with Crippen molar-refractivity contribution < 1.29 is 4.79 Å². The van der Waals surface area contributed by atoms with Gasteiger partial charge in [0.15, 0.2) is 0 Å². The number of aromatic nitrogens is 2. The Morgan fingerprint density at radius 2 is 2.54 bits per heavy atom. The zero-order chi connectivity index (χ0) is 9.26. The molecule has 1 aliphatic heterocycles. The van der Waals surface area contributed by atoms with E-state index in [9.17, 15) is 4.79 Å². The minimum absolute atomic E-state index is 0.128. The minimum Gasteiger partial charge on any atom is -0.347 e. The van der Waals surface area contributed by atoms with Crippen molar-refractivity contribution in [2.45, 2.75) is 6.04 Å². The van der Waals surface area contributed by atoms with Gasteiger partial charge in [0.1, 0.15) is 5.82 Å². The largest absolute Gasteiger partial charge is 0.347 e. The maximum atomic E-state index is 11.1. The standard InChI is InChI=1S/C8H12N4O/c1-12-5-6(11-4-7(12)13)8-9-2-3-10-8/h2-3,6,11H,4-5H2,1H3,(H,9,10). The number of carbonyl (C=O) groups excluding carboxylic acids is 1. The van der Waals surface area contributed by atoms with E-state index in [1.54, 1.807) is 24.3 Å². The quantitative estimate of drug-likeness (QED) is 0.613. The first-order valence-corrected chi connectivity index (χ1v) is 4.24. The van der Waals surface area contributed by atoms with Crippen molar-refractivity contribution in [3.63, 3.8) is 0 Å². The molecule has 0 bridgehead atoms. The maximum Gasteiger partial charge on any atom is 0.236 e. The average Bonchev–Trinajstić information content (AvgIpc) is 2.62. The lowest BCUT2D eigenvalue weighted by molar-refractivity contribution is -0.131. The fourth-order valence-corrected chi connectivity index (χ4v) is 1.44. The van der Waals surface area contributed by atoms with Gasteiger partial charge in [-0.25, -0.2) is 4.98 Å². The maximum absolute atomic E-state index is 11.1. The molecular formula is C8H12N4O. The van der Waals surface area contributed by atoms with Crippen LogP contribution in [0.15, 0.2) is 12.4 Å². The summed E-state index contributed by atoms with van der Waals surface area (Å²) in [5.41, 5.74) is 0. The third-order valence-corrected chi connectivity index (χ3v) is 2.23. The summed E-state index contributed by atoms with van der Waals surface area (Å²) in [6.45, 7) is 1.06. The first-order valence-electron chi connectivity index (χ1n) is 4.24. The van der Waals surface area contributed by atoms with Gasteiger partial charge in [0.25, 0.3) is 0 Å². The van der Waals surface area contributed by atoms with Crippen LogP contribution in [0, 0.1) is 0 Å². The number of hydrogen-bond acceptors (Lipinski definition) is 3. The molecule has 5 heteroatoms. The third-order valence-electron chi connectivity index (χ3n) is 2.23. The fraction of sp³-hybridized carbons (Fsp3) is 0.500. The van der Waals surface area contributed by atoms with Crippen molar-refractivity contribution in [1.29, 1.82) is 0 Å². The van der Waals surface area contributed by atoms with Crippen LogP contribution in [0.25, 0.3) is 0 Å². The van der Waals surface area contributed by atoms with Crippen molar-refractivity contribution in [1.82, 2.24) is 20.2 Å². The summed E-state index contributed by atoms with van der Waals surface area (Å²) in [5.74, 6) is 1.02. The van der Waals surface area contributed by atoms with Crippen LogP contribution in [0.3, 0.4) is 0 Å². The van der Waals surface area contributed by atoms with E-state index in [4.69, 9.17) is 0 Å². The van der Waals surface area contributed by atoms with Crippen LogP contribution < -0.4 is 5.32 Å². The molecule has 1 atom stereocenters. The number of carbonyl (C=O) groups is 1. The molecule has 1 saturated heterocycles. The molecule has 1 aromatic rings. The molecule has 1 fully saturated rings. The van der Waals surface area contributed by atoms with E-state index in [1.165, 1.54) is 0 Å². The number of likely N-dealkylation sites (N-methyl/N-ethyl adjacent to an activating group) is 1. The number of nitrogens with one attached hydrogen (secondary N) is 2. The molecule has 0 saturated carbocycles. The van der Waals surface area contributed by atoms with E-state index < -0.39 is 0 Å². The Bertz CT molecular complexity index is 295. The molecule has 1 aromatic heterocycles. The van der Waals surface area contributed by atoms with Crippen LogP contribution in [0.1, 0.15) is 11.9 Å². The van der Waals surface area contributed by atoms with Gasteiger partial charge in [-0.15, -0.1) is 0 Å². The molecule has 2 rings (SSSR count). The first-order chi connectivity index (χ1) is 6.27. The Kier molecular flexibility index (Phi) is 2.02. The lowest BCUT2D eigenvalue weighted by atomic mass is 10.2. The van der Waals surface area contributed by atoms with Crippen LogP contribution in [-0.4, -0.2) is 40.9 Å². The summed E-state index contributed by atoms with van der Waals surface area (Å²) in [7, 11) is 1.80. The predicted octanol–water partition coefficient (Wildman–Crippen LogP) is -0.488. The normalized spacial score (nSPS) is 23.6. The highest BCUT2D eigenvalue weighted by Gasteiger charge is 2.24. The molecule has 13 heavy (non-hydrogen) atoms. The van der Waals surface area contributed by atoms with Crippen molar-refractivity contribution in [2.75, 3.05) is 20.1 Å². The summed E-state index contributed by atoms with van der Waals surface area (Å²) in [6.07, 6.45) is 3.50. The molecule has 0 aromatic carbocycles. The van der Waals surface area contributed by atoms with Crippen molar-refractivity contribution in [3.05, 3.63) is 18.2 Å². The highest BCUT2D eigenvalue weighted by atomic mass is 16.2. The monoisotopic (exact) mass is 180 g/mol. The highest BCUT2D eigenvalue weighted by Crippen LogP contribution is 2.11. The van der Waals surface area contributed by atoms with Gasteiger partial charge in [-0.1, -0.05) is 0 Å². The second kappa shape index (κ2) is 3.18. The van der Waals surface area contributed by atoms with E-state index in [-0.39, 0.29) is 11.9 Å². The molecule has 0 radical (unpaired) electrons. The van der Waals surface area contributed by atoms with Gasteiger partial charge in [0.2, 0.25) is 5.91 Å². The zero-order valence-electron chi connectivity index (χ0n) is 7.45. The number of rotatable bonds is 1. The van der Waals surface area contributed by atoms with E-state index in [0.29, 0.717) is 13.1 Å². The number of imidazole rings is 1. The van der Waals surface area contributed by atoms with Gasteiger partial charge in [-0.2, -0.15) is 0 Å². The van der Waals surface area contributed by atoms with Crippen LogP contribution in [0.5, 0.6) is 0 Å². The Morgan fingerprint density at radius 3 is 3.15 bits per heavy atom. The van der Waals surface area contributed by atoms with Gasteiger partial charge < -0.3 is 9.88 Å². The van der Waals surface area contributed by atoms with Crippen molar-refractivity contribution in [2.24, 2.45) is 0 Å². The van der Waals surface area contributed by atoms with Crippen molar-refractivity contribution >= 4 is 5.91 Å². The number of hydrogen-bond donors (Lipinski definition) is 2. The number of H-pyrrole nitrogens is 1. The molecule has 1 unspecified atom stereocenters. The fourth-order valence-electron chi connectivity index (χ4n) is 1.44.